The third kappa shape index (κ3) is 3.07. The first kappa shape index (κ1) is 14.6. The summed E-state index contributed by atoms with van der Waals surface area (Å²) in [6, 6.07) is 9.79. The van der Waals surface area contributed by atoms with Crippen LogP contribution in [0.4, 0.5) is 0 Å². The Hall–Kier alpha value is -1.98. The SMILES string of the molecule is Clc1cccc2ccc(-c3cn(CC4CCNCC4)nn3)nc12. The van der Waals surface area contributed by atoms with Gasteiger partial charge in [-0.05, 0) is 44.0 Å². The fourth-order valence-electron chi connectivity index (χ4n) is 3.09. The van der Waals surface area contributed by atoms with Gasteiger partial charge < -0.3 is 5.32 Å². The maximum absolute atomic E-state index is 6.24. The Bertz CT molecular complexity index is 823. The highest BCUT2D eigenvalue weighted by Crippen LogP contribution is 2.25. The van der Waals surface area contributed by atoms with Gasteiger partial charge in [0.15, 0.2) is 0 Å². The molecule has 1 aliphatic heterocycles. The molecule has 1 aliphatic rings. The number of aromatic nitrogens is 4. The van der Waals surface area contributed by atoms with Crippen LogP contribution in [-0.4, -0.2) is 33.1 Å². The Kier molecular flexibility index (Phi) is 3.97. The van der Waals surface area contributed by atoms with E-state index in [4.69, 9.17) is 11.6 Å². The summed E-state index contributed by atoms with van der Waals surface area (Å²) in [5.41, 5.74) is 2.41. The van der Waals surface area contributed by atoms with Crippen LogP contribution in [-0.2, 0) is 6.54 Å². The van der Waals surface area contributed by atoms with E-state index < -0.39 is 0 Å². The lowest BCUT2D eigenvalue weighted by molar-refractivity contribution is 0.318. The van der Waals surface area contributed by atoms with E-state index in [2.05, 4.69) is 20.6 Å². The van der Waals surface area contributed by atoms with Crippen molar-refractivity contribution >= 4 is 22.5 Å². The number of fused-ring (bicyclic) bond motifs is 1. The number of piperidine rings is 1. The number of halogens is 1. The summed E-state index contributed by atoms with van der Waals surface area (Å²) in [4.78, 5) is 4.65. The van der Waals surface area contributed by atoms with E-state index in [1.807, 2.05) is 41.2 Å². The molecule has 1 saturated heterocycles. The highest BCUT2D eigenvalue weighted by Gasteiger charge is 2.15. The van der Waals surface area contributed by atoms with Crippen LogP contribution in [0.1, 0.15) is 12.8 Å². The number of nitrogens with zero attached hydrogens (tertiary/aromatic N) is 4. The second kappa shape index (κ2) is 6.26. The Morgan fingerprint density at radius 1 is 1.13 bits per heavy atom. The highest BCUT2D eigenvalue weighted by molar-refractivity contribution is 6.35. The number of para-hydroxylation sites is 1. The number of hydrogen-bond donors (Lipinski definition) is 1. The number of nitrogens with one attached hydrogen (secondary N) is 1. The topological polar surface area (TPSA) is 55.6 Å². The summed E-state index contributed by atoms with van der Waals surface area (Å²) in [5, 5.41) is 13.6. The quantitative estimate of drug-likeness (QED) is 0.803. The molecule has 0 unspecified atom stereocenters. The van der Waals surface area contributed by atoms with E-state index >= 15 is 0 Å². The zero-order valence-electron chi connectivity index (χ0n) is 12.7. The van der Waals surface area contributed by atoms with Gasteiger partial charge in [-0.1, -0.05) is 35.0 Å². The van der Waals surface area contributed by atoms with Crippen LogP contribution in [0.2, 0.25) is 5.02 Å². The summed E-state index contributed by atoms with van der Waals surface area (Å²) in [6.07, 6.45) is 4.37. The van der Waals surface area contributed by atoms with E-state index in [-0.39, 0.29) is 0 Å². The van der Waals surface area contributed by atoms with Crippen molar-refractivity contribution in [3.63, 3.8) is 0 Å². The van der Waals surface area contributed by atoms with E-state index in [0.717, 1.165) is 41.9 Å². The van der Waals surface area contributed by atoms with Crippen molar-refractivity contribution in [2.24, 2.45) is 5.92 Å². The maximum atomic E-state index is 6.24. The number of pyridine rings is 1. The lowest BCUT2D eigenvalue weighted by Gasteiger charge is -2.21. The normalized spacial score (nSPS) is 16.0. The molecule has 0 aliphatic carbocycles. The largest absolute Gasteiger partial charge is 0.317 e. The molecule has 3 heterocycles. The van der Waals surface area contributed by atoms with Gasteiger partial charge in [-0.2, -0.15) is 0 Å². The Labute approximate surface area is 139 Å². The molecule has 1 N–H and O–H groups in total. The molecule has 23 heavy (non-hydrogen) atoms. The highest BCUT2D eigenvalue weighted by atomic mass is 35.5. The second-order valence-corrected chi connectivity index (χ2v) is 6.43. The average Bonchev–Trinajstić information content (AvgIpc) is 3.04. The summed E-state index contributed by atoms with van der Waals surface area (Å²) >= 11 is 6.24. The summed E-state index contributed by atoms with van der Waals surface area (Å²) in [7, 11) is 0. The standard InChI is InChI=1S/C17H18ClN5/c18-14-3-1-2-13-4-5-15(20-17(13)14)16-11-23(22-21-16)10-12-6-8-19-9-7-12/h1-5,11-12,19H,6-10H2. The molecular formula is C17H18ClN5. The minimum absolute atomic E-state index is 0.659. The van der Waals surface area contributed by atoms with Crippen molar-refractivity contribution in [3.05, 3.63) is 41.6 Å². The molecule has 6 heteroatoms. The van der Waals surface area contributed by atoms with Gasteiger partial charge in [0, 0.05) is 11.9 Å². The molecule has 0 saturated carbocycles. The van der Waals surface area contributed by atoms with E-state index in [0.29, 0.717) is 10.9 Å². The zero-order valence-corrected chi connectivity index (χ0v) is 13.5. The fraction of sp³-hybridized carbons (Fsp3) is 0.353. The Balaban J connectivity index is 1.59. The van der Waals surface area contributed by atoms with Crippen molar-refractivity contribution < 1.29 is 0 Å². The molecule has 0 atom stereocenters. The van der Waals surface area contributed by atoms with Crippen LogP contribution in [0.3, 0.4) is 0 Å². The first-order valence-corrected chi connectivity index (χ1v) is 8.34. The van der Waals surface area contributed by atoms with Crippen molar-refractivity contribution in [1.29, 1.82) is 0 Å². The minimum atomic E-state index is 0.659. The third-order valence-corrected chi connectivity index (χ3v) is 4.68. The fourth-order valence-corrected chi connectivity index (χ4v) is 3.31. The van der Waals surface area contributed by atoms with Crippen molar-refractivity contribution in [2.75, 3.05) is 13.1 Å². The Morgan fingerprint density at radius 3 is 2.87 bits per heavy atom. The van der Waals surface area contributed by atoms with Gasteiger partial charge in [-0.25, -0.2) is 4.98 Å². The monoisotopic (exact) mass is 327 g/mol. The smallest absolute Gasteiger partial charge is 0.131 e. The number of benzene rings is 1. The molecule has 1 fully saturated rings. The molecule has 5 nitrogen and oxygen atoms in total. The van der Waals surface area contributed by atoms with E-state index in [1.165, 1.54) is 12.8 Å². The van der Waals surface area contributed by atoms with Crippen LogP contribution in [0, 0.1) is 5.92 Å². The van der Waals surface area contributed by atoms with E-state index in [1.54, 1.807) is 0 Å². The van der Waals surface area contributed by atoms with Gasteiger partial charge in [0.2, 0.25) is 0 Å². The molecule has 3 aromatic rings. The van der Waals surface area contributed by atoms with Crippen molar-refractivity contribution in [3.8, 4) is 11.4 Å². The first-order chi connectivity index (χ1) is 11.3. The van der Waals surface area contributed by atoms with Gasteiger partial charge in [-0.3, -0.25) is 4.68 Å². The maximum Gasteiger partial charge on any atom is 0.131 e. The van der Waals surface area contributed by atoms with Crippen LogP contribution >= 0.6 is 11.6 Å². The average molecular weight is 328 g/mol. The molecule has 1 aromatic carbocycles. The lowest BCUT2D eigenvalue weighted by Crippen LogP contribution is -2.30. The van der Waals surface area contributed by atoms with Crippen LogP contribution in [0.25, 0.3) is 22.3 Å². The summed E-state index contributed by atoms with van der Waals surface area (Å²) in [5.74, 6) is 0.671. The molecule has 0 radical (unpaired) electrons. The predicted molar refractivity (Wildman–Crippen MR) is 91.4 cm³/mol. The molecule has 0 bridgehead atoms. The summed E-state index contributed by atoms with van der Waals surface area (Å²) in [6.45, 7) is 3.11. The zero-order chi connectivity index (χ0) is 15.6. The first-order valence-electron chi connectivity index (χ1n) is 7.96. The number of hydrogen-bond acceptors (Lipinski definition) is 4. The van der Waals surface area contributed by atoms with Gasteiger partial charge in [0.1, 0.15) is 5.69 Å². The lowest BCUT2D eigenvalue weighted by atomic mass is 9.98. The Morgan fingerprint density at radius 2 is 2.00 bits per heavy atom. The van der Waals surface area contributed by atoms with E-state index in [9.17, 15) is 0 Å². The van der Waals surface area contributed by atoms with Gasteiger partial charge in [-0.15, -0.1) is 5.10 Å². The summed E-state index contributed by atoms with van der Waals surface area (Å²) < 4.78 is 1.93. The molecule has 118 valence electrons. The van der Waals surface area contributed by atoms with Crippen LogP contribution in [0.5, 0.6) is 0 Å². The van der Waals surface area contributed by atoms with Gasteiger partial charge in [0.05, 0.1) is 22.4 Å². The van der Waals surface area contributed by atoms with Crippen molar-refractivity contribution in [1.82, 2.24) is 25.3 Å². The third-order valence-electron chi connectivity index (χ3n) is 4.38. The number of rotatable bonds is 3. The second-order valence-electron chi connectivity index (χ2n) is 6.03. The van der Waals surface area contributed by atoms with Gasteiger partial charge >= 0.3 is 0 Å². The van der Waals surface area contributed by atoms with Crippen molar-refractivity contribution in [2.45, 2.75) is 19.4 Å². The van der Waals surface area contributed by atoms with Crippen LogP contribution in [0.15, 0.2) is 36.5 Å². The molecule has 0 spiro atoms. The molecule has 4 rings (SSSR count). The van der Waals surface area contributed by atoms with Crippen LogP contribution < -0.4 is 5.32 Å². The molecular weight excluding hydrogens is 310 g/mol. The minimum Gasteiger partial charge on any atom is -0.317 e. The predicted octanol–water partition coefficient (Wildman–Crippen LogP) is 3.15. The molecule has 0 amide bonds. The van der Waals surface area contributed by atoms with Gasteiger partial charge in [0.25, 0.3) is 0 Å². The molecule has 2 aromatic heterocycles.